The van der Waals surface area contributed by atoms with Crippen LogP contribution in [0, 0.1) is 0 Å². The maximum Gasteiger partial charge on any atom is 0.340 e. The van der Waals surface area contributed by atoms with E-state index in [0.717, 1.165) is 11.1 Å². The third-order valence-corrected chi connectivity index (χ3v) is 3.75. The number of hydrogen-bond acceptors (Lipinski definition) is 5. The van der Waals surface area contributed by atoms with Gasteiger partial charge in [0.1, 0.15) is 11.3 Å². The Hall–Kier alpha value is -2.95. The van der Waals surface area contributed by atoms with Crippen molar-refractivity contribution in [3.05, 3.63) is 71.1 Å². The molecule has 4 N–H and O–H groups in total. The number of benzene rings is 2. The van der Waals surface area contributed by atoms with E-state index >= 15 is 0 Å². The van der Waals surface area contributed by atoms with Crippen LogP contribution in [0.5, 0.6) is 5.75 Å². The number of rotatable bonds is 3. The summed E-state index contributed by atoms with van der Waals surface area (Å²) in [6.45, 7) is 2.02. The first-order chi connectivity index (χ1) is 11.1. The fourth-order valence-electron chi connectivity index (χ4n) is 2.77. The summed E-state index contributed by atoms with van der Waals surface area (Å²) in [4.78, 5) is 12.4. The van der Waals surface area contributed by atoms with Crippen molar-refractivity contribution in [2.75, 3.05) is 12.3 Å². The molecule has 0 saturated carbocycles. The Labute approximate surface area is 134 Å². The smallest absolute Gasteiger partial charge is 0.340 e. The molecular weight excluding hydrogens is 292 g/mol. The summed E-state index contributed by atoms with van der Waals surface area (Å²) in [5, 5.41) is 0. The molecule has 0 amide bonds. The minimum atomic E-state index is -0.471. The first kappa shape index (κ1) is 15.0. The average molecular weight is 310 g/mol. The highest BCUT2D eigenvalue weighted by atomic mass is 16.5. The second kappa shape index (κ2) is 6.04. The Balaban J connectivity index is 2.18. The maximum absolute atomic E-state index is 12.4. The molecular formula is C18H18N2O3. The third kappa shape index (κ3) is 2.73. The first-order valence-electron chi connectivity index (χ1n) is 7.40. The molecule has 0 saturated heterocycles. The fraction of sp³-hybridized carbons (Fsp3) is 0.167. The predicted molar refractivity (Wildman–Crippen MR) is 87.6 cm³/mol. The number of anilines is 1. The van der Waals surface area contributed by atoms with Crippen LogP contribution in [-0.2, 0) is 9.53 Å². The summed E-state index contributed by atoms with van der Waals surface area (Å²) < 4.78 is 10.8. The Morgan fingerprint density at radius 3 is 2.61 bits per heavy atom. The maximum atomic E-state index is 12.4. The van der Waals surface area contributed by atoms with Gasteiger partial charge in [0.25, 0.3) is 0 Å². The number of esters is 1. The van der Waals surface area contributed by atoms with Crippen molar-refractivity contribution >= 4 is 11.7 Å². The highest BCUT2D eigenvalue weighted by molar-refractivity contribution is 5.92. The van der Waals surface area contributed by atoms with Crippen LogP contribution in [0.2, 0.25) is 0 Å². The molecule has 23 heavy (non-hydrogen) atoms. The molecule has 3 rings (SSSR count). The predicted octanol–water partition coefficient (Wildman–Crippen LogP) is 2.53. The second-order valence-electron chi connectivity index (χ2n) is 5.24. The van der Waals surface area contributed by atoms with Gasteiger partial charge in [-0.05, 0) is 18.6 Å². The molecule has 1 heterocycles. The van der Waals surface area contributed by atoms with Crippen molar-refractivity contribution in [1.82, 2.24) is 0 Å². The van der Waals surface area contributed by atoms with Gasteiger partial charge in [-0.25, -0.2) is 4.79 Å². The molecule has 5 heteroatoms. The molecule has 1 atom stereocenters. The van der Waals surface area contributed by atoms with E-state index in [1.54, 1.807) is 19.1 Å². The molecule has 1 aliphatic heterocycles. The SMILES string of the molecule is CCOC(=O)C1=C(N)Oc2cc(N)ccc2[C@@H]1c1ccccc1. The van der Waals surface area contributed by atoms with Crippen molar-refractivity contribution in [1.29, 1.82) is 0 Å². The summed E-state index contributed by atoms with van der Waals surface area (Å²) in [5.41, 5.74) is 14.5. The molecule has 2 aromatic rings. The van der Waals surface area contributed by atoms with Gasteiger partial charge >= 0.3 is 5.97 Å². The fourth-order valence-corrected chi connectivity index (χ4v) is 2.77. The topological polar surface area (TPSA) is 87.6 Å². The van der Waals surface area contributed by atoms with E-state index in [9.17, 15) is 4.79 Å². The van der Waals surface area contributed by atoms with Gasteiger partial charge < -0.3 is 20.9 Å². The molecule has 0 radical (unpaired) electrons. The highest BCUT2D eigenvalue weighted by Crippen LogP contribution is 2.43. The van der Waals surface area contributed by atoms with Crippen molar-refractivity contribution in [2.45, 2.75) is 12.8 Å². The quantitative estimate of drug-likeness (QED) is 0.672. The van der Waals surface area contributed by atoms with Crippen LogP contribution < -0.4 is 16.2 Å². The molecule has 1 aliphatic rings. The zero-order chi connectivity index (χ0) is 16.4. The lowest BCUT2D eigenvalue weighted by atomic mass is 9.83. The van der Waals surface area contributed by atoms with Crippen molar-refractivity contribution in [2.24, 2.45) is 5.73 Å². The van der Waals surface area contributed by atoms with Gasteiger partial charge in [-0.1, -0.05) is 36.4 Å². The number of ether oxygens (including phenoxy) is 2. The van der Waals surface area contributed by atoms with Gasteiger partial charge in [0.2, 0.25) is 5.88 Å². The Kier molecular flexibility index (Phi) is 3.93. The van der Waals surface area contributed by atoms with Crippen molar-refractivity contribution in [3.8, 4) is 5.75 Å². The molecule has 0 unspecified atom stereocenters. The van der Waals surface area contributed by atoms with Gasteiger partial charge in [0.15, 0.2) is 0 Å². The molecule has 0 fully saturated rings. The van der Waals surface area contributed by atoms with Gasteiger partial charge in [-0.2, -0.15) is 0 Å². The average Bonchev–Trinajstić information content (AvgIpc) is 2.54. The third-order valence-electron chi connectivity index (χ3n) is 3.75. The molecule has 0 spiro atoms. The summed E-state index contributed by atoms with van der Waals surface area (Å²) in [6, 6.07) is 15.0. The lowest BCUT2D eigenvalue weighted by Gasteiger charge is -2.28. The van der Waals surface area contributed by atoms with E-state index < -0.39 is 5.97 Å². The second-order valence-corrected chi connectivity index (χ2v) is 5.24. The minimum Gasteiger partial charge on any atom is -0.462 e. The van der Waals surface area contributed by atoms with Crippen LogP contribution in [0.3, 0.4) is 0 Å². The zero-order valence-corrected chi connectivity index (χ0v) is 12.8. The van der Waals surface area contributed by atoms with Crippen LogP contribution >= 0.6 is 0 Å². The monoisotopic (exact) mass is 310 g/mol. The van der Waals surface area contributed by atoms with Crippen LogP contribution in [0.1, 0.15) is 24.0 Å². The van der Waals surface area contributed by atoms with Gasteiger partial charge in [0.05, 0.1) is 12.5 Å². The minimum absolute atomic E-state index is 0.0513. The first-order valence-corrected chi connectivity index (χ1v) is 7.40. The summed E-state index contributed by atoms with van der Waals surface area (Å²) >= 11 is 0. The van der Waals surface area contributed by atoms with Crippen LogP contribution in [0.15, 0.2) is 60.0 Å². The van der Waals surface area contributed by atoms with Crippen LogP contribution in [-0.4, -0.2) is 12.6 Å². The molecule has 0 bridgehead atoms. The van der Waals surface area contributed by atoms with Gasteiger partial charge in [0, 0.05) is 17.3 Å². The van der Waals surface area contributed by atoms with E-state index in [1.165, 1.54) is 0 Å². The number of fused-ring (bicyclic) bond motifs is 1. The highest BCUT2D eigenvalue weighted by Gasteiger charge is 2.35. The summed E-state index contributed by atoms with van der Waals surface area (Å²) in [5.74, 6) is -0.208. The lowest BCUT2D eigenvalue weighted by molar-refractivity contribution is -0.139. The molecule has 0 aromatic heterocycles. The molecule has 5 nitrogen and oxygen atoms in total. The molecule has 118 valence electrons. The number of hydrogen-bond donors (Lipinski definition) is 2. The lowest BCUT2D eigenvalue weighted by Crippen LogP contribution is -2.27. The Morgan fingerprint density at radius 1 is 1.17 bits per heavy atom. The van der Waals surface area contributed by atoms with Gasteiger partial charge in [-0.3, -0.25) is 0 Å². The van der Waals surface area contributed by atoms with Crippen molar-refractivity contribution in [3.63, 3.8) is 0 Å². The number of carbonyl (C=O) groups is 1. The number of carbonyl (C=O) groups excluding carboxylic acids is 1. The number of nitrogen functional groups attached to an aromatic ring is 1. The van der Waals surface area contributed by atoms with E-state index in [4.69, 9.17) is 20.9 Å². The van der Waals surface area contributed by atoms with Crippen molar-refractivity contribution < 1.29 is 14.3 Å². The number of nitrogens with two attached hydrogens (primary N) is 2. The van der Waals surface area contributed by atoms with E-state index in [0.29, 0.717) is 17.0 Å². The Bertz CT molecular complexity index is 769. The largest absolute Gasteiger partial charge is 0.462 e. The van der Waals surface area contributed by atoms with E-state index in [1.807, 2.05) is 36.4 Å². The van der Waals surface area contributed by atoms with Crippen LogP contribution in [0.25, 0.3) is 0 Å². The van der Waals surface area contributed by atoms with E-state index in [2.05, 4.69) is 0 Å². The van der Waals surface area contributed by atoms with Crippen LogP contribution in [0.4, 0.5) is 5.69 Å². The summed E-state index contributed by atoms with van der Waals surface area (Å²) in [6.07, 6.45) is 0. The standard InChI is InChI=1S/C18H18N2O3/c1-2-22-18(21)16-15(11-6-4-3-5-7-11)13-9-8-12(19)10-14(13)23-17(16)20/h3-10,15H,2,19-20H2,1H3/t15-/m0/s1. The van der Waals surface area contributed by atoms with E-state index in [-0.39, 0.29) is 18.4 Å². The molecule has 2 aromatic carbocycles. The Morgan fingerprint density at radius 2 is 1.91 bits per heavy atom. The normalized spacial score (nSPS) is 16.5. The van der Waals surface area contributed by atoms with Gasteiger partial charge in [-0.15, -0.1) is 0 Å². The molecule has 0 aliphatic carbocycles. The summed E-state index contributed by atoms with van der Waals surface area (Å²) in [7, 11) is 0. The zero-order valence-electron chi connectivity index (χ0n) is 12.8.